The third-order valence-corrected chi connectivity index (χ3v) is 1.52. The number of rotatable bonds is 2. The highest BCUT2D eigenvalue weighted by Crippen LogP contribution is 2.32. The molecule has 0 saturated carbocycles. The molecule has 1 aromatic rings. The van der Waals surface area contributed by atoms with Crippen molar-refractivity contribution in [2.75, 3.05) is 5.73 Å². The lowest BCUT2D eigenvalue weighted by atomic mass is 10.2. The molecule has 14 heavy (non-hydrogen) atoms. The average Bonchev–Trinajstić information content (AvgIpc) is 2.02. The van der Waals surface area contributed by atoms with Gasteiger partial charge in [-0.3, -0.25) is 20.2 Å². The molecule has 0 amide bonds. The van der Waals surface area contributed by atoms with Crippen molar-refractivity contribution in [3.63, 3.8) is 0 Å². The van der Waals surface area contributed by atoms with E-state index < -0.39 is 32.7 Å². The van der Waals surface area contributed by atoms with E-state index in [4.69, 9.17) is 5.73 Å². The van der Waals surface area contributed by atoms with Gasteiger partial charge in [0.15, 0.2) is 5.69 Å². The fourth-order valence-corrected chi connectivity index (χ4v) is 0.916. The number of nitrogens with two attached hydrogens (primary N) is 1. The number of hydrogen-bond donors (Lipinski definition) is 1. The molecule has 0 spiro atoms. The Labute approximate surface area is 76.2 Å². The zero-order valence-corrected chi connectivity index (χ0v) is 6.64. The third kappa shape index (κ3) is 1.44. The summed E-state index contributed by atoms with van der Waals surface area (Å²) >= 11 is 0. The van der Waals surface area contributed by atoms with Gasteiger partial charge in [0, 0.05) is 6.07 Å². The van der Waals surface area contributed by atoms with Gasteiger partial charge >= 0.3 is 5.69 Å². The van der Waals surface area contributed by atoms with Crippen LogP contribution in [0.15, 0.2) is 12.1 Å². The highest BCUT2D eigenvalue weighted by Gasteiger charge is 2.26. The van der Waals surface area contributed by atoms with Crippen molar-refractivity contribution >= 4 is 17.1 Å². The number of anilines is 1. The van der Waals surface area contributed by atoms with Crippen molar-refractivity contribution in [2.24, 2.45) is 0 Å². The van der Waals surface area contributed by atoms with Crippen molar-refractivity contribution in [1.82, 2.24) is 0 Å². The summed E-state index contributed by atoms with van der Waals surface area (Å²) in [6.45, 7) is 0. The molecule has 74 valence electrons. The molecule has 0 fully saturated rings. The van der Waals surface area contributed by atoms with Gasteiger partial charge in [-0.05, 0) is 6.07 Å². The summed E-state index contributed by atoms with van der Waals surface area (Å²) in [6, 6.07) is 1.41. The molecular weight excluding hydrogens is 197 g/mol. The zero-order chi connectivity index (χ0) is 10.9. The molecule has 0 radical (unpaired) electrons. The molecule has 0 aliphatic rings. The monoisotopic (exact) mass is 201 g/mol. The molecule has 0 saturated heterocycles. The number of halogens is 1. The van der Waals surface area contributed by atoms with Crippen molar-refractivity contribution < 1.29 is 14.2 Å². The van der Waals surface area contributed by atoms with Gasteiger partial charge in [0.25, 0.3) is 5.69 Å². The molecule has 0 heterocycles. The van der Waals surface area contributed by atoms with Gasteiger partial charge in [0.2, 0.25) is 5.82 Å². The largest absolute Gasteiger partial charge is 0.387 e. The SMILES string of the molecule is Nc1c([N+](=O)[O-])ccc(F)c1[N+](=O)[O-]. The van der Waals surface area contributed by atoms with E-state index in [1.54, 1.807) is 0 Å². The van der Waals surface area contributed by atoms with Crippen LogP contribution < -0.4 is 5.73 Å². The van der Waals surface area contributed by atoms with Crippen LogP contribution in [0.25, 0.3) is 0 Å². The lowest BCUT2D eigenvalue weighted by Crippen LogP contribution is -2.02. The highest BCUT2D eigenvalue weighted by atomic mass is 19.1. The van der Waals surface area contributed by atoms with Gasteiger partial charge < -0.3 is 5.73 Å². The fourth-order valence-electron chi connectivity index (χ4n) is 0.916. The Morgan fingerprint density at radius 2 is 1.79 bits per heavy atom. The van der Waals surface area contributed by atoms with Crippen LogP contribution in [0, 0.1) is 26.0 Å². The minimum absolute atomic E-state index is 0.632. The summed E-state index contributed by atoms with van der Waals surface area (Å²) in [5.41, 5.74) is 2.53. The van der Waals surface area contributed by atoms with Crippen molar-refractivity contribution in [3.8, 4) is 0 Å². The first kappa shape index (κ1) is 9.84. The Morgan fingerprint density at radius 3 is 2.21 bits per heavy atom. The van der Waals surface area contributed by atoms with Crippen LogP contribution in [0.5, 0.6) is 0 Å². The molecule has 1 rings (SSSR count). The van der Waals surface area contributed by atoms with E-state index in [0.29, 0.717) is 6.07 Å². The van der Waals surface area contributed by atoms with Crippen LogP contribution in [0.4, 0.5) is 21.5 Å². The molecule has 0 aromatic heterocycles. The van der Waals surface area contributed by atoms with Crippen LogP contribution in [0.1, 0.15) is 0 Å². The fraction of sp³-hybridized carbons (Fsp3) is 0. The van der Waals surface area contributed by atoms with E-state index in [2.05, 4.69) is 0 Å². The maximum atomic E-state index is 12.8. The van der Waals surface area contributed by atoms with Gasteiger partial charge in [0.05, 0.1) is 9.85 Å². The number of nitro benzene ring substituents is 2. The van der Waals surface area contributed by atoms with E-state index >= 15 is 0 Å². The molecule has 2 N–H and O–H groups in total. The molecule has 1 aromatic carbocycles. The Morgan fingerprint density at radius 1 is 1.21 bits per heavy atom. The van der Waals surface area contributed by atoms with Crippen LogP contribution in [0.3, 0.4) is 0 Å². The van der Waals surface area contributed by atoms with Crippen molar-refractivity contribution in [1.29, 1.82) is 0 Å². The molecular formula is C6H4FN3O4. The van der Waals surface area contributed by atoms with E-state index in [9.17, 15) is 24.6 Å². The number of nitrogen functional groups attached to an aromatic ring is 1. The predicted octanol–water partition coefficient (Wildman–Crippen LogP) is 1.22. The Bertz CT molecular complexity index is 420. The Balaban J connectivity index is 3.49. The molecule has 0 unspecified atom stereocenters. The van der Waals surface area contributed by atoms with Gasteiger partial charge in [0.1, 0.15) is 0 Å². The summed E-state index contributed by atoms with van der Waals surface area (Å²) < 4.78 is 12.8. The lowest BCUT2D eigenvalue weighted by Gasteiger charge is -1.98. The smallest absolute Gasteiger partial charge is 0.334 e. The summed E-state index contributed by atoms with van der Waals surface area (Å²) in [7, 11) is 0. The second kappa shape index (κ2) is 3.24. The van der Waals surface area contributed by atoms with Gasteiger partial charge in [-0.1, -0.05) is 0 Å². The number of nitrogens with zero attached hydrogens (tertiary/aromatic N) is 2. The first-order valence-corrected chi connectivity index (χ1v) is 3.32. The summed E-state index contributed by atoms with van der Waals surface area (Å²) in [5, 5.41) is 20.6. The predicted molar refractivity (Wildman–Crippen MR) is 44.1 cm³/mol. The quantitative estimate of drug-likeness (QED) is 0.439. The van der Waals surface area contributed by atoms with Crippen LogP contribution in [-0.4, -0.2) is 9.85 Å². The van der Waals surface area contributed by atoms with E-state index in [0.717, 1.165) is 6.07 Å². The molecule has 0 aliphatic carbocycles. The maximum absolute atomic E-state index is 12.8. The van der Waals surface area contributed by atoms with Crippen LogP contribution in [-0.2, 0) is 0 Å². The molecule has 7 nitrogen and oxygen atoms in total. The summed E-state index contributed by atoms with van der Waals surface area (Å²) in [5.74, 6) is -1.20. The first-order valence-electron chi connectivity index (χ1n) is 3.32. The van der Waals surface area contributed by atoms with E-state index in [1.165, 1.54) is 0 Å². The number of hydrogen-bond acceptors (Lipinski definition) is 5. The second-order valence-electron chi connectivity index (χ2n) is 2.34. The Hall–Kier alpha value is -2.25. The minimum atomic E-state index is -1.20. The molecule has 0 atom stereocenters. The highest BCUT2D eigenvalue weighted by molar-refractivity contribution is 5.70. The van der Waals surface area contributed by atoms with E-state index in [1.807, 2.05) is 0 Å². The standard InChI is InChI=1S/C6H4FN3O4/c7-3-1-2-4(9(11)12)5(8)6(3)10(13)14/h1-2H,8H2. The van der Waals surface area contributed by atoms with Gasteiger partial charge in [-0.2, -0.15) is 4.39 Å². The van der Waals surface area contributed by atoms with Crippen LogP contribution >= 0.6 is 0 Å². The molecule has 8 heteroatoms. The Kier molecular flexibility index (Phi) is 2.28. The average molecular weight is 201 g/mol. The van der Waals surface area contributed by atoms with Crippen molar-refractivity contribution in [3.05, 3.63) is 38.2 Å². The zero-order valence-electron chi connectivity index (χ0n) is 6.64. The number of benzene rings is 1. The normalized spacial score (nSPS) is 9.79. The molecule has 0 aliphatic heterocycles. The molecule has 0 bridgehead atoms. The van der Waals surface area contributed by atoms with E-state index in [-0.39, 0.29) is 0 Å². The summed E-state index contributed by atoms with van der Waals surface area (Å²) in [4.78, 5) is 18.6. The second-order valence-corrected chi connectivity index (χ2v) is 2.34. The van der Waals surface area contributed by atoms with Crippen LogP contribution in [0.2, 0.25) is 0 Å². The lowest BCUT2D eigenvalue weighted by molar-refractivity contribution is -0.393. The number of nitro groups is 2. The van der Waals surface area contributed by atoms with Gasteiger partial charge in [-0.25, -0.2) is 0 Å². The van der Waals surface area contributed by atoms with Crippen molar-refractivity contribution in [2.45, 2.75) is 0 Å². The topological polar surface area (TPSA) is 112 Å². The summed E-state index contributed by atoms with van der Waals surface area (Å²) in [6.07, 6.45) is 0. The maximum Gasteiger partial charge on any atom is 0.334 e. The first-order chi connectivity index (χ1) is 6.45. The third-order valence-electron chi connectivity index (χ3n) is 1.52. The van der Waals surface area contributed by atoms with Gasteiger partial charge in [-0.15, -0.1) is 0 Å². The minimum Gasteiger partial charge on any atom is -0.387 e.